The molecule has 0 atom stereocenters. The summed E-state index contributed by atoms with van der Waals surface area (Å²) in [5, 5.41) is 3.59. The van der Waals surface area contributed by atoms with Crippen molar-refractivity contribution in [2.75, 3.05) is 45.9 Å². The van der Waals surface area contributed by atoms with E-state index >= 15 is 0 Å². The average molecular weight is 420 g/mol. The van der Waals surface area contributed by atoms with Crippen LogP contribution in [0.15, 0.2) is 12.1 Å². The lowest BCUT2D eigenvalue weighted by atomic mass is 9.95. The highest BCUT2D eigenvalue weighted by Crippen LogP contribution is 2.38. The van der Waals surface area contributed by atoms with Crippen molar-refractivity contribution in [2.45, 2.75) is 44.1 Å². The van der Waals surface area contributed by atoms with Gasteiger partial charge in [0.1, 0.15) is 11.3 Å². The summed E-state index contributed by atoms with van der Waals surface area (Å²) >= 11 is 1.49. The van der Waals surface area contributed by atoms with Crippen LogP contribution >= 0.6 is 11.3 Å². The van der Waals surface area contributed by atoms with Gasteiger partial charge in [0.2, 0.25) is 0 Å². The van der Waals surface area contributed by atoms with Crippen LogP contribution in [0.4, 0.5) is 9.93 Å². The van der Waals surface area contributed by atoms with Crippen molar-refractivity contribution in [3.8, 4) is 5.75 Å². The van der Waals surface area contributed by atoms with E-state index in [1.807, 2.05) is 18.0 Å². The van der Waals surface area contributed by atoms with Gasteiger partial charge >= 0.3 is 6.03 Å². The standard InChI is InChI=1S/C21H29N3O4S/c1-24(15-6-4-3-5-7-15)21(25)23-20-22-18-17(26-2)9-8-16(19(18)29-20)14-12-27-10-11-28-13-14/h8-9,14-15H,3-7,10-13H2,1-2H3,(H,22,23,25). The first-order chi connectivity index (χ1) is 14.2. The number of amides is 2. The van der Waals surface area contributed by atoms with Crippen molar-refractivity contribution in [1.82, 2.24) is 9.88 Å². The van der Waals surface area contributed by atoms with Crippen molar-refractivity contribution in [1.29, 1.82) is 0 Å². The minimum atomic E-state index is -0.0994. The SMILES string of the molecule is COc1ccc(C2COCCOC2)c2sc(NC(=O)N(C)C3CCCCC3)nc12. The van der Waals surface area contributed by atoms with E-state index in [0.29, 0.717) is 43.4 Å². The molecule has 0 bridgehead atoms. The summed E-state index contributed by atoms with van der Waals surface area (Å²) in [5.41, 5.74) is 1.90. The summed E-state index contributed by atoms with van der Waals surface area (Å²) in [5.74, 6) is 0.844. The normalized spacial score (nSPS) is 19.1. The van der Waals surface area contributed by atoms with Crippen molar-refractivity contribution in [3.05, 3.63) is 17.7 Å². The summed E-state index contributed by atoms with van der Waals surface area (Å²) < 4.78 is 17.9. The smallest absolute Gasteiger partial charge is 0.323 e. The monoisotopic (exact) mass is 419 g/mol. The number of ether oxygens (including phenoxy) is 3. The summed E-state index contributed by atoms with van der Waals surface area (Å²) in [6.45, 7) is 2.47. The molecule has 2 heterocycles. The maximum atomic E-state index is 12.8. The molecule has 0 unspecified atom stereocenters. The number of nitrogens with one attached hydrogen (secondary N) is 1. The Morgan fingerprint density at radius 3 is 2.62 bits per heavy atom. The molecule has 7 nitrogen and oxygen atoms in total. The summed E-state index contributed by atoms with van der Waals surface area (Å²) in [6.07, 6.45) is 5.79. The lowest BCUT2D eigenvalue weighted by Gasteiger charge is -2.30. The second-order valence-electron chi connectivity index (χ2n) is 7.73. The molecule has 1 aromatic heterocycles. The first-order valence-electron chi connectivity index (χ1n) is 10.3. The zero-order valence-electron chi connectivity index (χ0n) is 17.1. The summed E-state index contributed by atoms with van der Waals surface area (Å²) in [4.78, 5) is 19.3. The Labute approximate surface area is 175 Å². The molecule has 29 heavy (non-hydrogen) atoms. The van der Waals surface area contributed by atoms with Crippen LogP contribution in [0.3, 0.4) is 0 Å². The molecule has 4 rings (SSSR count). The Kier molecular flexibility index (Phi) is 6.52. The van der Waals surface area contributed by atoms with Gasteiger partial charge in [-0.3, -0.25) is 5.32 Å². The van der Waals surface area contributed by atoms with Crippen LogP contribution < -0.4 is 10.1 Å². The highest BCUT2D eigenvalue weighted by Gasteiger charge is 2.25. The van der Waals surface area contributed by atoms with Crippen LogP contribution in [0, 0.1) is 0 Å². The van der Waals surface area contributed by atoms with Gasteiger partial charge in [-0.05, 0) is 24.5 Å². The number of carbonyl (C=O) groups excluding carboxylic acids is 1. The number of methoxy groups -OCH3 is 1. The van der Waals surface area contributed by atoms with E-state index in [1.165, 1.54) is 30.6 Å². The van der Waals surface area contributed by atoms with Crippen LogP contribution in [-0.4, -0.2) is 62.5 Å². The highest BCUT2D eigenvalue weighted by atomic mass is 32.1. The number of hydrogen-bond donors (Lipinski definition) is 1. The van der Waals surface area contributed by atoms with Crippen molar-refractivity contribution >= 4 is 32.7 Å². The quantitative estimate of drug-likeness (QED) is 0.803. The maximum absolute atomic E-state index is 12.8. The second-order valence-corrected chi connectivity index (χ2v) is 8.73. The van der Waals surface area contributed by atoms with E-state index in [2.05, 4.69) is 16.4 Å². The van der Waals surface area contributed by atoms with Gasteiger partial charge in [-0.2, -0.15) is 0 Å². The van der Waals surface area contributed by atoms with Gasteiger partial charge < -0.3 is 19.1 Å². The minimum Gasteiger partial charge on any atom is -0.494 e. The number of rotatable bonds is 4. The Hall–Kier alpha value is -1.90. The number of nitrogens with zero attached hydrogens (tertiary/aromatic N) is 2. The zero-order valence-corrected chi connectivity index (χ0v) is 17.9. The predicted octanol–water partition coefficient (Wildman–Crippen LogP) is 4.23. The average Bonchev–Trinajstić information content (AvgIpc) is 2.98. The molecule has 1 aliphatic heterocycles. The number of urea groups is 1. The Morgan fingerprint density at radius 1 is 1.21 bits per heavy atom. The molecule has 158 valence electrons. The fourth-order valence-electron chi connectivity index (χ4n) is 4.15. The first-order valence-corrected chi connectivity index (χ1v) is 11.2. The largest absolute Gasteiger partial charge is 0.494 e. The lowest BCUT2D eigenvalue weighted by Crippen LogP contribution is -2.40. The van der Waals surface area contributed by atoms with E-state index in [9.17, 15) is 4.79 Å². The van der Waals surface area contributed by atoms with Crippen molar-refractivity contribution < 1.29 is 19.0 Å². The second kappa shape index (κ2) is 9.28. The summed E-state index contributed by atoms with van der Waals surface area (Å²) in [6, 6.07) is 4.20. The third-order valence-electron chi connectivity index (χ3n) is 5.86. The lowest BCUT2D eigenvalue weighted by molar-refractivity contribution is 0.103. The van der Waals surface area contributed by atoms with Crippen LogP contribution in [0.2, 0.25) is 0 Å². The molecule has 8 heteroatoms. The van der Waals surface area contributed by atoms with Gasteiger partial charge in [-0.15, -0.1) is 0 Å². The van der Waals surface area contributed by atoms with E-state index in [4.69, 9.17) is 14.2 Å². The molecule has 2 aromatic rings. The molecular formula is C21H29N3O4S. The van der Waals surface area contributed by atoms with E-state index < -0.39 is 0 Å². The van der Waals surface area contributed by atoms with Gasteiger partial charge in [0.05, 0.1) is 38.2 Å². The maximum Gasteiger partial charge on any atom is 0.323 e. The topological polar surface area (TPSA) is 72.9 Å². The third-order valence-corrected chi connectivity index (χ3v) is 6.88. The van der Waals surface area contributed by atoms with Crippen LogP contribution in [0.5, 0.6) is 5.75 Å². The van der Waals surface area contributed by atoms with Gasteiger partial charge in [0.25, 0.3) is 0 Å². The molecule has 2 amide bonds. The third kappa shape index (κ3) is 4.49. The van der Waals surface area contributed by atoms with E-state index in [0.717, 1.165) is 28.6 Å². The fraction of sp³-hybridized carbons (Fsp3) is 0.619. The number of anilines is 1. The zero-order chi connectivity index (χ0) is 20.2. The summed E-state index contributed by atoms with van der Waals surface area (Å²) in [7, 11) is 3.52. The molecule has 1 saturated carbocycles. The number of carbonyl (C=O) groups is 1. The van der Waals surface area contributed by atoms with Crippen LogP contribution in [0.1, 0.15) is 43.6 Å². The Bertz CT molecular complexity index is 842. The van der Waals surface area contributed by atoms with Crippen molar-refractivity contribution in [2.24, 2.45) is 0 Å². The minimum absolute atomic E-state index is 0.0994. The Morgan fingerprint density at radius 2 is 1.93 bits per heavy atom. The van der Waals surface area contributed by atoms with Gasteiger partial charge in [0, 0.05) is 19.0 Å². The molecule has 1 aromatic carbocycles. The van der Waals surface area contributed by atoms with Crippen molar-refractivity contribution in [3.63, 3.8) is 0 Å². The fourth-order valence-corrected chi connectivity index (χ4v) is 5.22. The van der Waals surface area contributed by atoms with Gasteiger partial charge in [0.15, 0.2) is 5.13 Å². The molecular weight excluding hydrogens is 390 g/mol. The molecule has 1 saturated heterocycles. The van der Waals surface area contributed by atoms with Crippen LogP contribution in [0.25, 0.3) is 10.2 Å². The van der Waals surface area contributed by atoms with E-state index in [-0.39, 0.29) is 11.9 Å². The van der Waals surface area contributed by atoms with Gasteiger partial charge in [-0.25, -0.2) is 9.78 Å². The number of hydrogen-bond acceptors (Lipinski definition) is 6. The number of benzene rings is 1. The predicted molar refractivity (Wildman–Crippen MR) is 114 cm³/mol. The molecule has 0 radical (unpaired) electrons. The molecule has 2 aliphatic rings. The molecule has 0 spiro atoms. The first kappa shape index (κ1) is 20.4. The Balaban J connectivity index is 1.58. The number of aromatic nitrogens is 1. The number of thiazole rings is 1. The van der Waals surface area contributed by atoms with Crippen LogP contribution in [-0.2, 0) is 9.47 Å². The van der Waals surface area contributed by atoms with Gasteiger partial charge in [-0.1, -0.05) is 36.7 Å². The highest BCUT2D eigenvalue weighted by molar-refractivity contribution is 7.22. The molecule has 2 fully saturated rings. The van der Waals surface area contributed by atoms with E-state index in [1.54, 1.807) is 7.11 Å². The molecule has 1 N–H and O–H groups in total. The number of fused-ring (bicyclic) bond motifs is 1. The molecule has 1 aliphatic carbocycles.